The van der Waals surface area contributed by atoms with E-state index in [0.717, 1.165) is 50.8 Å². The summed E-state index contributed by atoms with van der Waals surface area (Å²) in [7, 11) is -3.92. The molecular formula is C80H128O9P2. The lowest BCUT2D eigenvalue weighted by atomic mass is 9.80. The molecule has 0 aliphatic carbocycles. The van der Waals surface area contributed by atoms with Crippen molar-refractivity contribution in [2.75, 3.05) is 26.4 Å². The third-order valence-electron chi connectivity index (χ3n) is 16.0. The predicted molar refractivity (Wildman–Crippen MR) is 391 cm³/mol. The van der Waals surface area contributed by atoms with Gasteiger partial charge in [0.1, 0.15) is 28.7 Å². The molecule has 5 aromatic carbocycles. The molecule has 0 amide bonds. The number of aromatic hydroxyl groups is 1. The highest BCUT2D eigenvalue weighted by atomic mass is 31.2. The SMILES string of the molecule is CC(C)(C)c1ccc(O)c(C(C)(C)C)c1.CC(C)(CO)CO.CC(C)(COP(Oc1ccc(C(C)(C)C)cc1C(C)(C)C)Oc1ccc(C(C)(C)C)cc1C(C)(C)C)COP(Oc1ccc(C(C)(C)C)cc1C(C)(C)C)Oc1ccc(C(C)(C)C)cc1C(C)(C)C. The minimum absolute atomic E-state index is 0.00859. The average Bonchev–Trinajstić information content (AvgIpc) is 0.839. The van der Waals surface area contributed by atoms with E-state index in [1.807, 2.05) is 6.07 Å². The Kier molecular flexibility index (Phi) is 26.6. The van der Waals surface area contributed by atoms with Crippen molar-refractivity contribution in [2.45, 2.75) is 290 Å². The first-order valence-corrected chi connectivity index (χ1v) is 35.1. The van der Waals surface area contributed by atoms with E-state index in [1.165, 1.54) is 27.8 Å². The third-order valence-corrected chi connectivity index (χ3v) is 18.0. The van der Waals surface area contributed by atoms with Crippen LogP contribution in [0.25, 0.3) is 0 Å². The van der Waals surface area contributed by atoms with Gasteiger partial charge in [-0.1, -0.05) is 296 Å². The van der Waals surface area contributed by atoms with Crippen LogP contribution in [0.15, 0.2) is 91.0 Å². The molecule has 0 aliphatic rings. The predicted octanol–water partition coefficient (Wildman–Crippen LogP) is 23.2. The molecule has 0 radical (unpaired) electrons. The molecule has 0 saturated carbocycles. The van der Waals surface area contributed by atoms with Gasteiger partial charge in [-0.05, 0) is 118 Å². The summed E-state index contributed by atoms with van der Waals surface area (Å²) in [5.74, 6) is 3.41. The highest BCUT2D eigenvalue weighted by Gasteiger charge is 2.36. The second-order valence-corrected chi connectivity index (χ2v) is 39.2. The van der Waals surface area contributed by atoms with Crippen LogP contribution in [0.2, 0.25) is 0 Å². The topological polar surface area (TPSA) is 116 Å². The van der Waals surface area contributed by atoms with E-state index in [4.69, 9.17) is 37.4 Å². The second kappa shape index (κ2) is 29.8. The van der Waals surface area contributed by atoms with Crippen LogP contribution < -0.4 is 18.1 Å². The molecule has 0 heterocycles. The summed E-state index contributed by atoms with van der Waals surface area (Å²) in [5.41, 5.74) is 10.1. The highest BCUT2D eigenvalue weighted by Crippen LogP contribution is 2.52. The number of aliphatic hydroxyl groups excluding tert-OH is 2. The van der Waals surface area contributed by atoms with Crippen LogP contribution in [0.3, 0.4) is 0 Å². The van der Waals surface area contributed by atoms with Crippen molar-refractivity contribution in [3.05, 3.63) is 147 Å². The summed E-state index contributed by atoms with van der Waals surface area (Å²) >= 11 is 0. The Balaban J connectivity index is 0.000000823. The number of phenolic OH excluding ortho intramolecular Hbond substituents is 1. The highest BCUT2D eigenvalue weighted by molar-refractivity contribution is 7.43. The van der Waals surface area contributed by atoms with Crippen molar-refractivity contribution in [1.82, 2.24) is 0 Å². The summed E-state index contributed by atoms with van der Waals surface area (Å²) in [4.78, 5) is 0. The molecule has 0 spiro atoms. The number of rotatable bonds is 16. The Morgan fingerprint density at radius 2 is 0.462 bits per heavy atom. The summed E-state index contributed by atoms with van der Waals surface area (Å²) in [6, 6.07) is 32.1. The van der Waals surface area contributed by atoms with Crippen LogP contribution in [-0.4, -0.2) is 41.7 Å². The minimum atomic E-state index is -1.96. The zero-order chi connectivity index (χ0) is 70.5. The quantitative estimate of drug-likeness (QED) is 0.0831. The Hall–Kier alpha value is -4.20. The molecule has 0 bridgehead atoms. The van der Waals surface area contributed by atoms with Crippen molar-refractivity contribution < 1.29 is 42.5 Å². The maximum atomic E-state index is 9.84. The Morgan fingerprint density at radius 3 is 0.637 bits per heavy atom. The van der Waals surface area contributed by atoms with E-state index in [-0.39, 0.29) is 86.0 Å². The van der Waals surface area contributed by atoms with Crippen molar-refractivity contribution in [3.63, 3.8) is 0 Å². The van der Waals surface area contributed by atoms with Gasteiger partial charge in [0.25, 0.3) is 0 Å². The molecule has 3 N–H and O–H groups in total. The fourth-order valence-electron chi connectivity index (χ4n) is 9.26. The molecular weight excluding hydrogens is 1170 g/mol. The Morgan fingerprint density at radius 1 is 0.264 bits per heavy atom. The van der Waals surface area contributed by atoms with Crippen molar-refractivity contribution in [1.29, 1.82) is 0 Å². The lowest BCUT2D eigenvalue weighted by molar-refractivity contribution is 0.0857. The lowest BCUT2D eigenvalue weighted by Crippen LogP contribution is -2.26. The molecule has 91 heavy (non-hydrogen) atoms. The maximum Gasteiger partial charge on any atom is 0.463 e. The molecule has 0 unspecified atom stereocenters. The van der Waals surface area contributed by atoms with E-state index in [0.29, 0.717) is 5.75 Å². The van der Waals surface area contributed by atoms with Crippen LogP contribution in [0.1, 0.15) is 291 Å². The van der Waals surface area contributed by atoms with E-state index in [2.05, 4.69) is 300 Å². The van der Waals surface area contributed by atoms with Crippen LogP contribution >= 0.6 is 17.2 Å². The van der Waals surface area contributed by atoms with Crippen LogP contribution in [0, 0.1) is 10.8 Å². The third kappa shape index (κ3) is 25.1. The fraction of sp³-hybridized carbons (Fsp3) is 0.625. The Labute approximate surface area is 559 Å². The first-order valence-electron chi connectivity index (χ1n) is 32.9. The Bertz CT molecular complexity index is 2810. The number of hydrogen-bond acceptors (Lipinski definition) is 9. The van der Waals surface area contributed by atoms with Gasteiger partial charge in [0.05, 0.1) is 26.4 Å². The normalized spacial score (nSPS) is 13.6. The van der Waals surface area contributed by atoms with Crippen molar-refractivity contribution in [3.8, 4) is 28.7 Å². The van der Waals surface area contributed by atoms with Crippen LogP contribution in [0.4, 0.5) is 0 Å². The summed E-state index contributed by atoms with van der Waals surface area (Å²) in [6.07, 6.45) is 0. The molecule has 0 fully saturated rings. The number of hydrogen-bond donors (Lipinski definition) is 3. The largest absolute Gasteiger partial charge is 0.508 e. The molecule has 0 saturated heterocycles. The first kappa shape index (κ1) is 81.0. The smallest absolute Gasteiger partial charge is 0.463 e. The van der Waals surface area contributed by atoms with Crippen LogP contribution in [-0.2, 0) is 63.2 Å². The molecule has 0 atom stereocenters. The molecule has 5 aromatic rings. The second-order valence-electron chi connectivity index (χ2n) is 37.1. The van der Waals surface area contributed by atoms with Gasteiger partial charge < -0.3 is 33.4 Å². The molecule has 9 nitrogen and oxygen atoms in total. The monoisotopic (exact) mass is 1290 g/mol. The fourth-order valence-corrected chi connectivity index (χ4v) is 11.7. The summed E-state index contributed by atoms with van der Waals surface area (Å²) < 4.78 is 41.7. The molecule has 11 heteroatoms. The van der Waals surface area contributed by atoms with Crippen LogP contribution in [0.5, 0.6) is 28.7 Å². The van der Waals surface area contributed by atoms with E-state index >= 15 is 0 Å². The van der Waals surface area contributed by atoms with Gasteiger partial charge in [0.2, 0.25) is 0 Å². The molecule has 0 aliphatic heterocycles. The van der Waals surface area contributed by atoms with E-state index < -0.39 is 22.6 Å². The van der Waals surface area contributed by atoms with Gasteiger partial charge in [-0.3, -0.25) is 9.05 Å². The zero-order valence-electron chi connectivity index (χ0n) is 63.7. The average molecular weight is 1300 g/mol. The van der Waals surface area contributed by atoms with Crippen molar-refractivity contribution in [2.24, 2.45) is 10.8 Å². The van der Waals surface area contributed by atoms with Gasteiger partial charge in [-0.2, -0.15) is 0 Å². The molecule has 512 valence electrons. The number of benzene rings is 5. The minimum Gasteiger partial charge on any atom is -0.508 e. The zero-order valence-corrected chi connectivity index (χ0v) is 65.5. The van der Waals surface area contributed by atoms with Gasteiger partial charge in [-0.25, -0.2) is 0 Å². The van der Waals surface area contributed by atoms with Gasteiger partial charge in [-0.15, -0.1) is 0 Å². The van der Waals surface area contributed by atoms with Crippen molar-refractivity contribution >= 4 is 17.2 Å². The van der Waals surface area contributed by atoms with Gasteiger partial charge in [0.15, 0.2) is 0 Å². The van der Waals surface area contributed by atoms with E-state index in [9.17, 15) is 5.11 Å². The molecule has 5 rings (SSSR count). The lowest BCUT2D eigenvalue weighted by Gasteiger charge is -2.32. The maximum absolute atomic E-state index is 9.84. The van der Waals surface area contributed by atoms with Gasteiger partial charge in [0, 0.05) is 33.1 Å². The standard InChI is InChI=1S/C61H94O6P2.C14H22O.C5H12O2/c1-53(2,3)41-27-31-49(45(35-41)57(13,14)15)64-68(65-50-32-28-42(54(4,5)6)36-46(50)58(16,17)18)62-39-61(25,26)40-63-69(66-51-33-29-43(55(7,8)9)37-47(51)59(19,20)21)67-52-34-30-44(56(10,11)12)38-48(52)60(22,23)24;1-13(2,3)10-7-8-12(15)11(9-10)14(4,5)6;1-5(2,3-6)4-7/h27-38H,39-40H2,1-26H3;7-9,15H,1-6H3;6-7H,3-4H2,1-2H3. The summed E-state index contributed by atoms with van der Waals surface area (Å²) in [5, 5.41) is 26.7. The summed E-state index contributed by atoms with van der Waals surface area (Å²) in [6.45, 7) is 75.1. The molecule has 0 aromatic heterocycles. The number of phenols is 1. The van der Waals surface area contributed by atoms with E-state index in [1.54, 1.807) is 19.9 Å². The van der Waals surface area contributed by atoms with Gasteiger partial charge >= 0.3 is 17.2 Å². The first-order chi connectivity index (χ1) is 40.7. The number of aliphatic hydroxyl groups is 2.